The molecule has 0 aliphatic heterocycles. The summed E-state index contributed by atoms with van der Waals surface area (Å²) >= 11 is 0. The fraction of sp³-hybridized carbons (Fsp3) is 0.556. The van der Waals surface area contributed by atoms with E-state index < -0.39 is 0 Å². The summed E-state index contributed by atoms with van der Waals surface area (Å²) < 4.78 is 0. The lowest BCUT2D eigenvalue weighted by atomic mass is 9.89. The minimum Gasteiger partial charge on any atom is -0.508 e. The van der Waals surface area contributed by atoms with Gasteiger partial charge in [0.2, 0.25) is 0 Å². The van der Waals surface area contributed by atoms with Crippen molar-refractivity contribution >= 4 is 0 Å². The van der Waals surface area contributed by atoms with Crippen molar-refractivity contribution in [3.05, 3.63) is 24.0 Å². The molecule has 1 aliphatic carbocycles. The summed E-state index contributed by atoms with van der Waals surface area (Å²) in [7, 11) is 0. The molecule has 0 unspecified atom stereocenters. The number of aliphatic hydroxyl groups is 1. The number of aliphatic hydroxyl groups excluding tert-OH is 1. The van der Waals surface area contributed by atoms with Gasteiger partial charge in [-0.3, -0.25) is 0 Å². The maximum Gasteiger partial charge on any atom is 0.111 e. The zero-order valence-corrected chi connectivity index (χ0v) is 6.54. The van der Waals surface area contributed by atoms with Gasteiger partial charge in [0.1, 0.15) is 5.76 Å². The Labute approximate surface area is 62.1 Å². The van der Waals surface area contributed by atoms with E-state index in [-0.39, 0.29) is 0 Å². The van der Waals surface area contributed by atoms with Crippen molar-refractivity contribution in [2.75, 3.05) is 0 Å². The van der Waals surface area contributed by atoms with Crippen LogP contribution < -0.4 is 0 Å². The van der Waals surface area contributed by atoms with Crippen LogP contribution in [0.3, 0.4) is 0 Å². The normalized spacial score (nSPS) is 25.1. The van der Waals surface area contributed by atoms with E-state index >= 15 is 0 Å². The Morgan fingerprint density at radius 3 is 2.70 bits per heavy atom. The first kappa shape index (κ1) is 7.39. The summed E-state index contributed by atoms with van der Waals surface area (Å²) in [6, 6.07) is 0. The molecule has 1 rings (SSSR count). The fourth-order valence-corrected chi connectivity index (χ4v) is 1.12. The van der Waals surface area contributed by atoms with Crippen LogP contribution in [0.5, 0.6) is 0 Å². The third-order valence-electron chi connectivity index (χ3n) is 1.97. The molecule has 0 radical (unpaired) electrons. The SMILES string of the molecule is CC(C)[C@H]1C=CC(O)=CC1. The molecule has 0 spiro atoms. The van der Waals surface area contributed by atoms with Crippen molar-refractivity contribution in [2.24, 2.45) is 11.8 Å². The summed E-state index contributed by atoms with van der Waals surface area (Å²) in [5.41, 5.74) is 0. The van der Waals surface area contributed by atoms with Gasteiger partial charge in [-0.05, 0) is 30.4 Å². The lowest BCUT2D eigenvalue weighted by molar-refractivity contribution is 0.403. The van der Waals surface area contributed by atoms with E-state index in [2.05, 4.69) is 19.9 Å². The zero-order chi connectivity index (χ0) is 7.56. The first-order chi connectivity index (χ1) is 4.70. The molecule has 0 amide bonds. The summed E-state index contributed by atoms with van der Waals surface area (Å²) in [6.07, 6.45) is 6.73. The molecule has 1 aliphatic rings. The Morgan fingerprint density at radius 2 is 2.30 bits per heavy atom. The molecule has 0 saturated heterocycles. The molecule has 56 valence electrons. The molecular formula is C9H14O. The number of hydrogen-bond acceptors (Lipinski definition) is 1. The fourth-order valence-electron chi connectivity index (χ4n) is 1.12. The summed E-state index contributed by atoms with van der Waals surface area (Å²) in [6.45, 7) is 4.40. The van der Waals surface area contributed by atoms with Gasteiger partial charge in [-0.2, -0.15) is 0 Å². The highest BCUT2D eigenvalue weighted by molar-refractivity contribution is 5.17. The van der Waals surface area contributed by atoms with Crippen LogP contribution >= 0.6 is 0 Å². The van der Waals surface area contributed by atoms with Gasteiger partial charge in [0.05, 0.1) is 0 Å². The summed E-state index contributed by atoms with van der Waals surface area (Å²) in [5.74, 6) is 1.72. The quantitative estimate of drug-likeness (QED) is 0.590. The van der Waals surface area contributed by atoms with Crippen molar-refractivity contribution in [2.45, 2.75) is 20.3 Å². The Bertz CT molecular complexity index is 166. The number of allylic oxidation sites excluding steroid dienone is 3. The van der Waals surface area contributed by atoms with E-state index in [4.69, 9.17) is 5.11 Å². The molecule has 1 nitrogen and oxygen atoms in total. The van der Waals surface area contributed by atoms with Gasteiger partial charge in [0.25, 0.3) is 0 Å². The monoisotopic (exact) mass is 138 g/mol. The van der Waals surface area contributed by atoms with Crippen LogP contribution in [0.2, 0.25) is 0 Å². The average molecular weight is 138 g/mol. The number of rotatable bonds is 1. The molecule has 0 heterocycles. The van der Waals surface area contributed by atoms with E-state index in [0.29, 0.717) is 17.6 Å². The lowest BCUT2D eigenvalue weighted by Gasteiger charge is -2.17. The molecule has 1 N–H and O–H groups in total. The molecule has 0 bridgehead atoms. The molecule has 0 aromatic rings. The van der Waals surface area contributed by atoms with Gasteiger partial charge in [0, 0.05) is 0 Å². The van der Waals surface area contributed by atoms with Gasteiger partial charge < -0.3 is 5.11 Å². The second-order valence-corrected chi connectivity index (χ2v) is 3.13. The van der Waals surface area contributed by atoms with Gasteiger partial charge in [-0.15, -0.1) is 0 Å². The highest BCUT2D eigenvalue weighted by Crippen LogP contribution is 2.21. The maximum absolute atomic E-state index is 8.98. The van der Waals surface area contributed by atoms with E-state index in [1.807, 2.05) is 6.08 Å². The summed E-state index contributed by atoms with van der Waals surface area (Å²) in [5, 5.41) is 8.98. The highest BCUT2D eigenvalue weighted by atomic mass is 16.3. The van der Waals surface area contributed by atoms with Crippen molar-refractivity contribution in [1.82, 2.24) is 0 Å². The van der Waals surface area contributed by atoms with Crippen LogP contribution in [0.4, 0.5) is 0 Å². The molecule has 1 atom stereocenters. The van der Waals surface area contributed by atoms with Crippen molar-refractivity contribution in [3.63, 3.8) is 0 Å². The number of hydrogen-bond donors (Lipinski definition) is 1. The minimum absolute atomic E-state index is 0.414. The van der Waals surface area contributed by atoms with Crippen LogP contribution in [0.25, 0.3) is 0 Å². The third-order valence-corrected chi connectivity index (χ3v) is 1.97. The zero-order valence-electron chi connectivity index (χ0n) is 6.54. The van der Waals surface area contributed by atoms with Crippen LogP contribution in [0.1, 0.15) is 20.3 Å². The van der Waals surface area contributed by atoms with Gasteiger partial charge in [0.15, 0.2) is 0 Å². The molecular weight excluding hydrogens is 124 g/mol. The topological polar surface area (TPSA) is 20.2 Å². The predicted molar refractivity (Wildman–Crippen MR) is 42.8 cm³/mol. The van der Waals surface area contributed by atoms with E-state index in [1.54, 1.807) is 6.08 Å². The molecule has 0 aromatic heterocycles. The van der Waals surface area contributed by atoms with Crippen molar-refractivity contribution in [3.8, 4) is 0 Å². The Kier molecular flexibility index (Phi) is 2.15. The Balaban J connectivity index is 2.52. The molecule has 10 heavy (non-hydrogen) atoms. The van der Waals surface area contributed by atoms with Crippen molar-refractivity contribution in [1.29, 1.82) is 0 Å². The molecule has 0 saturated carbocycles. The van der Waals surface area contributed by atoms with Crippen LogP contribution in [0.15, 0.2) is 24.0 Å². The Hall–Kier alpha value is -0.720. The Morgan fingerprint density at radius 1 is 1.60 bits per heavy atom. The first-order valence-electron chi connectivity index (χ1n) is 3.77. The van der Waals surface area contributed by atoms with E-state index in [0.717, 1.165) is 6.42 Å². The second-order valence-electron chi connectivity index (χ2n) is 3.13. The van der Waals surface area contributed by atoms with Gasteiger partial charge >= 0.3 is 0 Å². The smallest absolute Gasteiger partial charge is 0.111 e. The summed E-state index contributed by atoms with van der Waals surface area (Å²) in [4.78, 5) is 0. The standard InChI is InChI=1S/C9H14O/c1-7(2)8-3-5-9(10)6-4-8/h3,5-8,10H,4H2,1-2H3/t8-/m0/s1. The molecule has 1 heteroatoms. The minimum atomic E-state index is 0.414. The van der Waals surface area contributed by atoms with Crippen molar-refractivity contribution < 1.29 is 5.11 Å². The van der Waals surface area contributed by atoms with Gasteiger partial charge in [-0.1, -0.05) is 19.9 Å². The lowest BCUT2D eigenvalue weighted by Crippen LogP contribution is -2.06. The van der Waals surface area contributed by atoms with E-state index in [1.165, 1.54) is 0 Å². The van der Waals surface area contributed by atoms with Gasteiger partial charge in [-0.25, -0.2) is 0 Å². The maximum atomic E-state index is 8.98. The molecule has 0 aromatic carbocycles. The van der Waals surface area contributed by atoms with Crippen LogP contribution in [-0.2, 0) is 0 Å². The largest absolute Gasteiger partial charge is 0.508 e. The van der Waals surface area contributed by atoms with Crippen LogP contribution in [0, 0.1) is 11.8 Å². The third kappa shape index (κ3) is 1.63. The average Bonchev–Trinajstić information content (AvgIpc) is 1.88. The van der Waals surface area contributed by atoms with E-state index in [9.17, 15) is 0 Å². The second kappa shape index (κ2) is 2.91. The van der Waals surface area contributed by atoms with Crippen LogP contribution in [-0.4, -0.2) is 5.11 Å². The molecule has 0 fully saturated rings. The first-order valence-corrected chi connectivity index (χ1v) is 3.77. The highest BCUT2D eigenvalue weighted by Gasteiger charge is 2.11. The predicted octanol–water partition coefficient (Wildman–Crippen LogP) is 2.66.